The number of halogens is 2. The van der Waals surface area contributed by atoms with E-state index >= 15 is 0 Å². The zero-order chi connectivity index (χ0) is 24.1. The van der Waals surface area contributed by atoms with Crippen molar-refractivity contribution in [1.82, 2.24) is 4.90 Å². The summed E-state index contributed by atoms with van der Waals surface area (Å²) in [5.74, 6) is -0.124. The van der Waals surface area contributed by atoms with Gasteiger partial charge in [-0.25, -0.2) is 4.39 Å². The number of thioether (sulfide) groups is 1. The first-order chi connectivity index (χ1) is 16.5. The van der Waals surface area contributed by atoms with Crippen molar-refractivity contribution in [1.29, 1.82) is 0 Å². The van der Waals surface area contributed by atoms with Crippen LogP contribution in [0.2, 0.25) is 5.02 Å². The molecule has 1 heterocycles. The molecule has 3 aromatic carbocycles. The second kappa shape index (κ2) is 10.8. The molecule has 1 fully saturated rings. The summed E-state index contributed by atoms with van der Waals surface area (Å²) >= 11 is 7.29. The summed E-state index contributed by atoms with van der Waals surface area (Å²) in [6.07, 6.45) is 1.57. The van der Waals surface area contributed by atoms with Crippen molar-refractivity contribution in [2.24, 2.45) is 0 Å². The number of carbonyl (C=O) groups is 2. The molecule has 8 heteroatoms. The zero-order valence-corrected chi connectivity index (χ0v) is 19.9. The van der Waals surface area contributed by atoms with E-state index in [2.05, 4.69) is 0 Å². The summed E-state index contributed by atoms with van der Waals surface area (Å²) in [7, 11) is 0. The third kappa shape index (κ3) is 5.43. The lowest BCUT2D eigenvalue weighted by molar-refractivity contribution is -0.123. The predicted molar refractivity (Wildman–Crippen MR) is 131 cm³/mol. The largest absolute Gasteiger partial charge is 0.490 e. The molecule has 0 atom stereocenters. The summed E-state index contributed by atoms with van der Waals surface area (Å²) in [4.78, 5) is 26.6. The average molecular weight is 498 g/mol. The van der Waals surface area contributed by atoms with Crippen LogP contribution in [0.15, 0.2) is 71.6 Å². The van der Waals surface area contributed by atoms with Crippen molar-refractivity contribution in [2.75, 3.05) is 6.61 Å². The summed E-state index contributed by atoms with van der Waals surface area (Å²) in [5.41, 5.74) is 1.83. The Morgan fingerprint density at radius 3 is 2.50 bits per heavy atom. The maximum absolute atomic E-state index is 14.0. The van der Waals surface area contributed by atoms with Gasteiger partial charge in [-0.3, -0.25) is 14.5 Å². The summed E-state index contributed by atoms with van der Waals surface area (Å²) in [5, 5.41) is -0.142. The van der Waals surface area contributed by atoms with Crippen molar-refractivity contribution in [3.8, 4) is 11.5 Å². The molecule has 0 N–H and O–H groups in total. The van der Waals surface area contributed by atoms with Gasteiger partial charge >= 0.3 is 0 Å². The van der Waals surface area contributed by atoms with Crippen LogP contribution in [-0.4, -0.2) is 22.7 Å². The fourth-order valence-electron chi connectivity index (χ4n) is 3.39. The van der Waals surface area contributed by atoms with Crippen LogP contribution in [0.1, 0.15) is 23.6 Å². The van der Waals surface area contributed by atoms with E-state index in [9.17, 15) is 14.0 Å². The van der Waals surface area contributed by atoms with Gasteiger partial charge in [0.25, 0.3) is 11.1 Å². The van der Waals surface area contributed by atoms with Gasteiger partial charge in [0, 0.05) is 5.56 Å². The van der Waals surface area contributed by atoms with E-state index in [1.165, 1.54) is 6.07 Å². The molecule has 1 saturated heterocycles. The van der Waals surface area contributed by atoms with Crippen molar-refractivity contribution < 1.29 is 23.5 Å². The minimum absolute atomic E-state index is 0.133. The summed E-state index contributed by atoms with van der Waals surface area (Å²) in [6, 6.07) is 19.1. The number of imide groups is 1. The van der Waals surface area contributed by atoms with Crippen molar-refractivity contribution >= 4 is 40.6 Å². The van der Waals surface area contributed by atoms with Crippen molar-refractivity contribution in [3.63, 3.8) is 0 Å². The third-order valence-electron chi connectivity index (χ3n) is 5.02. The Morgan fingerprint density at radius 1 is 1.03 bits per heavy atom. The lowest BCUT2D eigenvalue weighted by atomic mass is 10.1. The molecule has 4 rings (SSSR count). The Morgan fingerprint density at radius 2 is 1.76 bits per heavy atom. The summed E-state index contributed by atoms with van der Waals surface area (Å²) < 4.78 is 25.6. The third-order valence-corrected chi connectivity index (χ3v) is 6.20. The van der Waals surface area contributed by atoms with E-state index in [4.69, 9.17) is 21.1 Å². The van der Waals surface area contributed by atoms with Gasteiger partial charge in [-0.2, -0.15) is 0 Å². The number of hydrogen-bond donors (Lipinski definition) is 0. The number of benzene rings is 3. The molecule has 3 aromatic rings. The van der Waals surface area contributed by atoms with Gasteiger partial charge in [-0.1, -0.05) is 60.1 Å². The molecule has 1 aliphatic heterocycles. The van der Waals surface area contributed by atoms with E-state index < -0.39 is 17.0 Å². The molecule has 5 nitrogen and oxygen atoms in total. The van der Waals surface area contributed by atoms with Gasteiger partial charge in [0.2, 0.25) is 0 Å². The molecule has 174 valence electrons. The number of nitrogens with zero attached hydrogens (tertiary/aromatic N) is 1. The molecule has 0 bridgehead atoms. The number of hydrogen-bond acceptors (Lipinski definition) is 5. The van der Waals surface area contributed by atoms with E-state index in [1.807, 2.05) is 37.3 Å². The Balaban J connectivity index is 1.56. The number of ether oxygens (including phenoxy) is 2. The highest BCUT2D eigenvalue weighted by molar-refractivity contribution is 8.18. The highest BCUT2D eigenvalue weighted by Crippen LogP contribution is 2.40. The predicted octanol–water partition coefficient (Wildman–Crippen LogP) is 6.69. The molecule has 1 aliphatic rings. The first-order valence-corrected chi connectivity index (χ1v) is 11.8. The molecule has 0 aliphatic carbocycles. The van der Waals surface area contributed by atoms with E-state index in [-0.39, 0.29) is 17.0 Å². The maximum atomic E-state index is 14.0. The molecule has 2 amide bonds. The maximum Gasteiger partial charge on any atom is 0.293 e. The van der Waals surface area contributed by atoms with Crippen LogP contribution in [-0.2, 0) is 17.9 Å². The Labute approximate surface area is 206 Å². The highest BCUT2D eigenvalue weighted by Gasteiger charge is 2.35. The molecule has 0 unspecified atom stereocenters. The molecular weight excluding hydrogens is 477 g/mol. The van der Waals surface area contributed by atoms with Gasteiger partial charge in [0.05, 0.1) is 23.1 Å². The molecule has 0 spiro atoms. The van der Waals surface area contributed by atoms with Crippen LogP contribution in [0.5, 0.6) is 11.5 Å². The molecule has 0 saturated carbocycles. The minimum atomic E-state index is -0.489. The fraction of sp³-hybridized carbons (Fsp3) is 0.154. The van der Waals surface area contributed by atoms with Crippen LogP contribution in [0.4, 0.5) is 9.18 Å². The number of carbonyl (C=O) groups excluding carboxylic acids is 2. The van der Waals surface area contributed by atoms with E-state index in [0.29, 0.717) is 35.3 Å². The monoisotopic (exact) mass is 497 g/mol. The van der Waals surface area contributed by atoms with E-state index in [0.717, 1.165) is 22.2 Å². The molecular formula is C26H21ClFNO4S. The molecule has 0 radical (unpaired) electrons. The first-order valence-electron chi connectivity index (χ1n) is 10.6. The lowest BCUT2D eigenvalue weighted by Crippen LogP contribution is -2.27. The van der Waals surface area contributed by atoms with Crippen LogP contribution in [0.25, 0.3) is 6.08 Å². The van der Waals surface area contributed by atoms with Gasteiger partial charge in [-0.15, -0.1) is 0 Å². The topological polar surface area (TPSA) is 55.8 Å². The van der Waals surface area contributed by atoms with Gasteiger partial charge in [0.1, 0.15) is 12.4 Å². The van der Waals surface area contributed by atoms with Gasteiger partial charge < -0.3 is 9.47 Å². The number of rotatable bonds is 8. The average Bonchev–Trinajstić information content (AvgIpc) is 3.08. The van der Waals surface area contributed by atoms with Crippen LogP contribution >= 0.6 is 23.4 Å². The highest BCUT2D eigenvalue weighted by atomic mass is 35.5. The molecule has 0 aromatic heterocycles. The fourth-order valence-corrected chi connectivity index (χ4v) is 4.50. The smallest absolute Gasteiger partial charge is 0.293 e. The standard InChI is InChI=1S/C26H21ClFNO4S/c1-2-32-22-13-18(12-20(27)24(22)33-16-17-8-4-3-5-9-17)14-23-25(30)29(26(31)34-23)15-19-10-6-7-11-21(19)28/h3-14H,2,15-16H2,1H3/b23-14-. The Kier molecular flexibility index (Phi) is 7.55. The molecule has 34 heavy (non-hydrogen) atoms. The summed E-state index contributed by atoms with van der Waals surface area (Å²) in [6.45, 7) is 2.41. The lowest BCUT2D eigenvalue weighted by Gasteiger charge is -2.15. The van der Waals surface area contributed by atoms with Crippen LogP contribution in [0.3, 0.4) is 0 Å². The number of amides is 2. The quantitative estimate of drug-likeness (QED) is 0.324. The Hall–Kier alpha value is -3.29. The van der Waals surface area contributed by atoms with Gasteiger partial charge in [0.15, 0.2) is 11.5 Å². The zero-order valence-electron chi connectivity index (χ0n) is 18.3. The second-order valence-corrected chi connectivity index (χ2v) is 8.80. The minimum Gasteiger partial charge on any atom is -0.490 e. The van der Waals surface area contributed by atoms with Crippen molar-refractivity contribution in [3.05, 3.63) is 99.2 Å². The SMILES string of the molecule is CCOc1cc(/C=C2\SC(=O)N(Cc3ccccc3F)C2=O)cc(Cl)c1OCc1ccccc1. The van der Waals surface area contributed by atoms with Crippen LogP contribution in [0, 0.1) is 5.82 Å². The Bertz CT molecular complexity index is 1250. The van der Waals surface area contributed by atoms with Gasteiger partial charge in [-0.05, 0) is 54.1 Å². The van der Waals surface area contributed by atoms with Crippen molar-refractivity contribution in [2.45, 2.75) is 20.1 Å². The normalized spacial score (nSPS) is 14.7. The first kappa shape index (κ1) is 23.9. The van der Waals surface area contributed by atoms with Crippen LogP contribution < -0.4 is 9.47 Å². The van der Waals surface area contributed by atoms with E-state index in [1.54, 1.807) is 36.4 Å². The second-order valence-electron chi connectivity index (χ2n) is 7.40.